The van der Waals surface area contributed by atoms with Crippen molar-refractivity contribution in [2.75, 3.05) is 11.4 Å². The summed E-state index contributed by atoms with van der Waals surface area (Å²) in [5.74, 6) is 0. The fourth-order valence-corrected chi connectivity index (χ4v) is 8.71. The Labute approximate surface area is 301 Å². The van der Waals surface area contributed by atoms with E-state index < -0.39 is 5.41 Å². The van der Waals surface area contributed by atoms with Gasteiger partial charge < -0.3 is 10.2 Å². The van der Waals surface area contributed by atoms with Crippen LogP contribution in [0.3, 0.4) is 0 Å². The molecule has 0 saturated carbocycles. The molecule has 51 heavy (non-hydrogen) atoms. The number of hydrogen-bond donors (Lipinski definition) is 1. The fourth-order valence-electron chi connectivity index (χ4n) is 8.71. The Kier molecular flexibility index (Phi) is 7.29. The van der Waals surface area contributed by atoms with Crippen LogP contribution in [0.2, 0.25) is 0 Å². The molecular formula is C49H40N2. The van der Waals surface area contributed by atoms with E-state index >= 15 is 0 Å². The van der Waals surface area contributed by atoms with Gasteiger partial charge in [-0.05, 0) is 116 Å². The molecule has 2 aliphatic carbocycles. The van der Waals surface area contributed by atoms with E-state index in [4.69, 9.17) is 0 Å². The second kappa shape index (κ2) is 12.0. The van der Waals surface area contributed by atoms with E-state index in [1.807, 2.05) is 12.3 Å². The number of dihydropyridines is 1. The average Bonchev–Trinajstić information content (AvgIpc) is 3.65. The van der Waals surface area contributed by atoms with E-state index in [2.05, 4.69) is 194 Å². The molecule has 0 bridgehead atoms. The molecule has 1 aliphatic heterocycles. The van der Waals surface area contributed by atoms with Crippen molar-refractivity contribution in [1.29, 1.82) is 0 Å². The minimum atomic E-state index is -0.499. The van der Waals surface area contributed by atoms with Crippen LogP contribution in [0, 0.1) is 0 Å². The van der Waals surface area contributed by atoms with E-state index in [0.29, 0.717) is 0 Å². The molecule has 3 aliphatic rings. The molecule has 9 rings (SSSR count). The maximum atomic E-state index is 4.34. The van der Waals surface area contributed by atoms with Crippen LogP contribution < -0.4 is 10.2 Å². The predicted octanol–water partition coefficient (Wildman–Crippen LogP) is 11.9. The number of nitrogens with one attached hydrogen (secondary N) is 1. The standard InChI is InChI=1S/C49H40N2/c1-4-37-31-36-21-24-41(32-46(36)49(37,38-13-7-5-8-14-38)39-15-9-6-10-16-39)51(40-22-19-34(20-23-40)35-27-29-50-30-28-35)42-25-26-44-43-17-11-12-18-45(43)48(2,3)47(44)33-42/h4-29,31-33,50H,1,30H2,2-3H3. The topological polar surface area (TPSA) is 15.3 Å². The fraction of sp³-hybridized carbons (Fsp3) is 0.102. The van der Waals surface area contributed by atoms with Crippen molar-refractivity contribution in [2.24, 2.45) is 0 Å². The Morgan fingerprint density at radius 3 is 1.90 bits per heavy atom. The maximum absolute atomic E-state index is 4.34. The van der Waals surface area contributed by atoms with E-state index in [0.717, 1.165) is 23.6 Å². The maximum Gasteiger partial charge on any atom is 0.0708 e. The highest BCUT2D eigenvalue weighted by molar-refractivity contribution is 5.88. The molecule has 0 fully saturated rings. The lowest BCUT2D eigenvalue weighted by Crippen LogP contribution is -2.29. The van der Waals surface area contributed by atoms with Gasteiger partial charge in [-0.25, -0.2) is 0 Å². The quantitative estimate of drug-likeness (QED) is 0.184. The lowest BCUT2D eigenvalue weighted by molar-refractivity contribution is 0.660. The highest BCUT2D eigenvalue weighted by Crippen LogP contribution is 2.54. The van der Waals surface area contributed by atoms with Crippen molar-refractivity contribution in [3.05, 3.63) is 221 Å². The lowest BCUT2D eigenvalue weighted by atomic mass is 9.67. The number of allylic oxidation sites excluding steroid dienone is 4. The van der Waals surface area contributed by atoms with Crippen LogP contribution in [0.25, 0.3) is 22.8 Å². The number of rotatable bonds is 7. The predicted molar refractivity (Wildman–Crippen MR) is 215 cm³/mol. The first-order valence-corrected chi connectivity index (χ1v) is 17.9. The van der Waals surface area contributed by atoms with Crippen molar-refractivity contribution in [1.82, 2.24) is 5.32 Å². The Morgan fingerprint density at radius 2 is 1.24 bits per heavy atom. The first-order valence-electron chi connectivity index (χ1n) is 17.9. The summed E-state index contributed by atoms with van der Waals surface area (Å²) < 4.78 is 0. The summed E-state index contributed by atoms with van der Waals surface area (Å²) in [6.07, 6.45) is 10.8. The third-order valence-electron chi connectivity index (χ3n) is 11.2. The van der Waals surface area contributed by atoms with Crippen LogP contribution >= 0.6 is 0 Å². The molecule has 1 N–H and O–H groups in total. The number of nitrogens with zero attached hydrogens (tertiary/aromatic N) is 1. The van der Waals surface area contributed by atoms with Crippen LogP contribution in [0.1, 0.15) is 52.8 Å². The molecule has 2 nitrogen and oxygen atoms in total. The summed E-state index contributed by atoms with van der Waals surface area (Å²) >= 11 is 0. The smallest absolute Gasteiger partial charge is 0.0708 e. The zero-order valence-corrected chi connectivity index (χ0v) is 29.1. The second-order valence-electron chi connectivity index (χ2n) is 14.2. The molecular weight excluding hydrogens is 617 g/mol. The highest BCUT2D eigenvalue weighted by atomic mass is 15.1. The Balaban J connectivity index is 1.25. The van der Waals surface area contributed by atoms with Gasteiger partial charge in [0, 0.05) is 29.0 Å². The minimum absolute atomic E-state index is 0.109. The molecule has 0 unspecified atom stereocenters. The second-order valence-corrected chi connectivity index (χ2v) is 14.2. The Morgan fingerprint density at radius 1 is 0.627 bits per heavy atom. The van der Waals surface area contributed by atoms with Gasteiger partial charge in [0.1, 0.15) is 0 Å². The summed E-state index contributed by atoms with van der Waals surface area (Å²) in [5.41, 5.74) is 16.7. The third-order valence-corrected chi connectivity index (χ3v) is 11.2. The average molecular weight is 657 g/mol. The summed E-state index contributed by atoms with van der Waals surface area (Å²) in [6, 6.07) is 53.7. The van der Waals surface area contributed by atoms with E-state index in [9.17, 15) is 0 Å². The molecule has 246 valence electrons. The van der Waals surface area contributed by atoms with Crippen LogP contribution in [0.4, 0.5) is 17.1 Å². The lowest BCUT2D eigenvalue weighted by Gasteiger charge is -2.36. The molecule has 1 heterocycles. The molecule has 2 heteroatoms. The van der Waals surface area contributed by atoms with Gasteiger partial charge in [-0.2, -0.15) is 0 Å². The van der Waals surface area contributed by atoms with Crippen molar-refractivity contribution in [3.8, 4) is 11.1 Å². The first kappa shape index (κ1) is 30.9. The van der Waals surface area contributed by atoms with Crippen LogP contribution in [0.5, 0.6) is 0 Å². The highest BCUT2D eigenvalue weighted by Gasteiger charge is 2.44. The SMILES string of the molecule is C=CC1=Cc2ccc(N(c3ccc(C4=CCNC=C4)cc3)c3ccc4c(c3)C(C)(C)c3ccccc3-4)cc2C1(c1ccccc1)c1ccccc1. The zero-order valence-electron chi connectivity index (χ0n) is 29.1. The van der Waals surface area contributed by atoms with Crippen LogP contribution in [-0.4, -0.2) is 6.54 Å². The Bertz CT molecular complexity index is 2350. The van der Waals surface area contributed by atoms with E-state index in [1.165, 1.54) is 61.2 Å². The van der Waals surface area contributed by atoms with Gasteiger partial charge in [-0.15, -0.1) is 0 Å². The van der Waals surface area contributed by atoms with E-state index in [-0.39, 0.29) is 5.41 Å². The molecule has 0 atom stereocenters. The molecule has 0 spiro atoms. The number of fused-ring (bicyclic) bond motifs is 4. The van der Waals surface area contributed by atoms with Gasteiger partial charge in [0.2, 0.25) is 0 Å². The molecule has 6 aromatic carbocycles. The summed E-state index contributed by atoms with van der Waals surface area (Å²) in [5, 5.41) is 3.27. The number of anilines is 3. The van der Waals surface area contributed by atoms with Crippen LogP contribution in [0.15, 0.2) is 182 Å². The molecule has 6 aromatic rings. The van der Waals surface area contributed by atoms with Crippen molar-refractivity contribution in [3.63, 3.8) is 0 Å². The molecule has 0 aromatic heterocycles. The van der Waals surface area contributed by atoms with Gasteiger partial charge in [0.15, 0.2) is 0 Å². The Hall–Kier alpha value is -6.12. The molecule has 0 saturated heterocycles. The summed E-state index contributed by atoms with van der Waals surface area (Å²) in [7, 11) is 0. The number of hydrogen-bond acceptors (Lipinski definition) is 2. The first-order chi connectivity index (χ1) is 25.0. The monoisotopic (exact) mass is 656 g/mol. The minimum Gasteiger partial charge on any atom is -0.387 e. The van der Waals surface area contributed by atoms with Gasteiger partial charge in [0.25, 0.3) is 0 Å². The summed E-state index contributed by atoms with van der Waals surface area (Å²) in [6.45, 7) is 9.89. The zero-order chi connectivity index (χ0) is 34.6. The van der Waals surface area contributed by atoms with Gasteiger partial charge >= 0.3 is 0 Å². The third kappa shape index (κ3) is 4.78. The van der Waals surface area contributed by atoms with E-state index in [1.54, 1.807) is 0 Å². The van der Waals surface area contributed by atoms with Crippen molar-refractivity contribution < 1.29 is 0 Å². The molecule has 0 amide bonds. The number of benzene rings is 6. The van der Waals surface area contributed by atoms with Crippen molar-refractivity contribution in [2.45, 2.75) is 24.7 Å². The van der Waals surface area contributed by atoms with Crippen LogP contribution in [-0.2, 0) is 10.8 Å². The normalized spacial score (nSPS) is 15.9. The summed E-state index contributed by atoms with van der Waals surface area (Å²) in [4.78, 5) is 2.43. The molecule has 0 radical (unpaired) electrons. The van der Waals surface area contributed by atoms with Gasteiger partial charge in [-0.1, -0.05) is 142 Å². The van der Waals surface area contributed by atoms with Crippen molar-refractivity contribution >= 4 is 28.7 Å². The van der Waals surface area contributed by atoms with Gasteiger partial charge in [0.05, 0.1) is 5.41 Å². The van der Waals surface area contributed by atoms with Gasteiger partial charge in [-0.3, -0.25) is 0 Å². The largest absolute Gasteiger partial charge is 0.387 e.